The number of sulfone groups is 1. The summed E-state index contributed by atoms with van der Waals surface area (Å²) in [7, 11) is -3.92. The van der Waals surface area contributed by atoms with Crippen LogP contribution < -0.4 is 5.32 Å². The SMILES string of the molecule is CC12CCCC3(C)c4cc5c(cc4C(=O)C(O)(OC1)C23)C(=O)C1=C(NCCS1(=O)=O)C5=O. The zero-order valence-corrected chi connectivity index (χ0v) is 18.6. The minimum absolute atomic E-state index is 0.0570. The van der Waals surface area contributed by atoms with E-state index in [0.29, 0.717) is 12.0 Å². The Morgan fingerprint density at radius 2 is 1.78 bits per heavy atom. The monoisotopic (exact) mass is 457 g/mol. The molecule has 4 unspecified atom stereocenters. The molecule has 2 N–H and O–H groups in total. The average Bonchev–Trinajstić information content (AvgIpc) is 3.02. The maximum atomic E-state index is 13.5. The number of carbonyl (C=O) groups is 3. The van der Waals surface area contributed by atoms with Crippen LogP contribution in [0, 0.1) is 11.3 Å². The number of carbonyl (C=O) groups excluding carboxylic acids is 3. The predicted octanol–water partition coefficient (Wildman–Crippen LogP) is 1.27. The lowest BCUT2D eigenvalue weighted by Crippen LogP contribution is -2.61. The summed E-state index contributed by atoms with van der Waals surface area (Å²) < 4.78 is 30.9. The molecule has 2 aliphatic heterocycles. The van der Waals surface area contributed by atoms with Crippen molar-refractivity contribution in [2.45, 2.75) is 44.3 Å². The molecule has 2 fully saturated rings. The Bertz CT molecular complexity index is 1310. The highest BCUT2D eigenvalue weighted by Gasteiger charge is 2.70. The second-order valence-electron chi connectivity index (χ2n) is 10.2. The molecule has 8 nitrogen and oxygen atoms in total. The van der Waals surface area contributed by atoms with Crippen molar-refractivity contribution in [1.82, 2.24) is 5.32 Å². The van der Waals surface area contributed by atoms with E-state index < -0.39 is 49.2 Å². The predicted molar refractivity (Wildman–Crippen MR) is 112 cm³/mol. The molecule has 4 atom stereocenters. The number of fused-ring (bicyclic) bond motifs is 3. The van der Waals surface area contributed by atoms with E-state index in [1.54, 1.807) is 6.07 Å². The van der Waals surface area contributed by atoms with Gasteiger partial charge in [-0.15, -0.1) is 0 Å². The third kappa shape index (κ3) is 2.14. The standard InChI is InChI=1S/C23H23NO7S/c1-21-4-3-5-22(2)14-9-12-11(8-13(14)19(27)23(28,20(21)22)31-10-21)17(26)18-15(16(12)25)24-6-7-32(18,29)30/h8-9,20,24,28H,3-7,10H2,1-2H3. The molecule has 1 aromatic rings. The van der Waals surface area contributed by atoms with Gasteiger partial charge in [-0.2, -0.15) is 0 Å². The molecular formula is C23H23NO7S. The van der Waals surface area contributed by atoms with Crippen LogP contribution in [0.4, 0.5) is 0 Å². The van der Waals surface area contributed by atoms with Gasteiger partial charge in [-0.05, 0) is 30.5 Å². The normalized spacial score (nSPS) is 39.1. The number of hydrogen-bond acceptors (Lipinski definition) is 8. The van der Waals surface area contributed by atoms with Crippen LogP contribution in [0.25, 0.3) is 0 Å². The highest BCUT2D eigenvalue weighted by atomic mass is 32.2. The highest BCUT2D eigenvalue weighted by molar-refractivity contribution is 7.96. The summed E-state index contributed by atoms with van der Waals surface area (Å²) in [5.74, 6) is -4.75. The second kappa shape index (κ2) is 5.76. The fraction of sp³-hybridized carbons (Fsp3) is 0.522. The van der Waals surface area contributed by atoms with Crippen molar-refractivity contribution in [3.63, 3.8) is 0 Å². The Kier molecular flexibility index (Phi) is 3.65. The number of nitrogens with one attached hydrogen (secondary N) is 1. The smallest absolute Gasteiger partial charge is 0.235 e. The van der Waals surface area contributed by atoms with Crippen LogP contribution in [0.1, 0.15) is 69.7 Å². The van der Waals surface area contributed by atoms with E-state index in [4.69, 9.17) is 4.74 Å². The molecule has 0 radical (unpaired) electrons. The van der Waals surface area contributed by atoms with Gasteiger partial charge in [0.2, 0.25) is 23.1 Å². The molecule has 0 aromatic heterocycles. The lowest BCUT2D eigenvalue weighted by molar-refractivity contribution is -0.176. The third-order valence-corrected chi connectivity index (χ3v) is 10.0. The Morgan fingerprint density at radius 1 is 1.06 bits per heavy atom. The van der Waals surface area contributed by atoms with Crippen LogP contribution in [0.3, 0.4) is 0 Å². The molecule has 1 aromatic carbocycles. The van der Waals surface area contributed by atoms with Crippen molar-refractivity contribution < 1.29 is 32.6 Å². The van der Waals surface area contributed by atoms with Crippen molar-refractivity contribution in [1.29, 1.82) is 0 Å². The summed E-state index contributed by atoms with van der Waals surface area (Å²) in [6.07, 6.45) is 2.38. The Morgan fingerprint density at radius 3 is 2.53 bits per heavy atom. The Labute approximate surface area is 184 Å². The summed E-state index contributed by atoms with van der Waals surface area (Å²) >= 11 is 0. The van der Waals surface area contributed by atoms with Gasteiger partial charge in [0.05, 0.1) is 12.4 Å². The number of hydrogen-bond donors (Lipinski definition) is 2. The second-order valence-corrected chi connectivity index (χ2v) is 12.3. The van der Waals surface area contributed by atoms with Crippen LogP contribution in [0.2, 0.25) is 0 Å². The largest absolute Gasteiger partial charge is 0.380 e. The number of Topliss-reactive ketones (excluding diaryl/α,β-unsaturated/α-hetero) is 3. The van der Waals surface area contributed by atoms with Crippen LogP contribution in [0.15, 0.2) is 22.7 Å². The van der Waals surface area contributed by atoms with Crippen LogP contribution in [-0.2, 0) is 20.0 Å². The van der Waals surface area contributed by atoms with Crippen molar-refractivity contribution in [3.8, 4) is 0 Å². The topological polar surface area (TPSA) is 127 Å². The van der Waals surface area contributed by atoms with Gasteiger partial charge in [-0.25, -0.2) is 8.42 Å². The van der Waals surface area contributed by atoms with E-state index in [1.807, 2.05) is 13.8 Å². The lowest BCUT2D eigenvalue weighted by Gasteiger charge is -2.54. The maximum absolute atomic E-state index is 13.5. The van der Waals surface area contributed by atoms with Gasteiger partial charge in [-0.1, -0.05) is 20.3 Å². The molecule has 2 heterocycles. The molecular weight excluding hydrogens is 434 g/mol. The maximum Gasteiger partial charge on any atom is 0.235 e. The summed E-state index contributed by atoms with van der Waals surface area (Å²) in [5, 5.41) is 14.2. The van der Waals surface area contributed by atoms with E-state index in [9.17, 15) is 27.9 Å². The van der Waals surface area contributed by atoms with Crippen molar-refractivity contribution >= 4 is 27.2 Å². The molecule has 3 aliphatic carbocycles. The van der Waals surface area contributed by atoms with Crippen LogP contribution >= 0.6 is 0 Å². The fourth-order valence-electron chi connectivity index (χ4n) is 6.99. The van der Waals surface area contributed by atoms with Gasteiger partial charge in [0.15, 0.2) is 9.84 Å². The number of ether oxygens (including phenoxy) is 1. The van der Waals surface area contributed by atoms with Crippen molar-refractivity contribution in [2.24, 2.45) is 11.3 Å². The molecule has 168 valence electrons. The fourth-order valence-corrected chi connectivity index (χ4v) is 8.44. The Hall–Kier alpha value is -2.36. The lowest BCUT2D eigenvalue weighted by atomic mass is 9.49. The first-order chi connectivity index (χ1) is 14.9. The molecule has 1 saturated carbocycles. The van der Waals surface area contributed by atoms with E-state index >= 15 is 0 Å². The average molecular weight is 458 g/mol. The molecule has 32 heavy (non-hydrogen) atoms. The number of rotatable bonds is 0. The van der Waals surface area contributed by atoms with Crippen molar-refractivity contribution in [2.75, 3.05) is 18.9 Å². The van der Waals surface area contributed by atoms with E-state index in [-0.39, 0.29) is 46.7 Å². The molecule has 6 rings (SSSR count). The van der Waals surface area contributed by atoms with Gasteiger partial charge in [0.25, 0.3) is 0 Å². The minimum Gasteiger partial charge on any atom is -0.380 e. The van der Waals surface area contributed by atoms with Gasteiger partial charge in [0, 0.05) is 40.0 Å². The molecule has 0 amide bonds. The number of allylic oxidation sites excluding steroid dienone is 2. The summed E-state index contributed by atoms with van der Waals surface area (Å²) in [4.78, 5) is 39.5. The first-order valence-corrected chi connectivity index (χ1v) is 12.5. The number of ketones is 3. The first-order valence-electron chi connectivity index (χ1n) is 10.8. The van der Waals surface area contributed by atoms with Gasteiger partial charge in [0.1, 0.15) is 10.6 Å². The molecule has 9 heteroatoms. The molecule has 1 saturated heterocycles. The van der Waals surface area contributed by atoms with Gasteiger partial charge in [-0.3, -0.25) is 14.4 Å². The number of benzene rings is 1. The molecule has 0 spiro atoms. The van der Waals surface area contributed by atoms with Crippen LogP contribution in [-0.4, -0.2) is 55.6 Å². The van der Waals surface area contributed by atoms with E-state index in [1.165, 1.54) is 6.07 Å². The summed E-state index contributed by atoms with van der Waals surface area (Å²) in [6, 6.07) is 2.88. The van der Waals surface area contributed by atoms with Gasteiger partial charge >= 0.3 is 0 Å². The molecule has 5 aliphatic rings. The third-order valence-electron chi connectivity index (χ3n) is 8.27. The van der Waals surface area contributed by atoms with E-state index in [0.717, 1.165) is 12.8 Å². The zero-order chi connectivity index (χ0) is 22.8. The highest BCUT2D eigenvalue weighted by Crippen LogP contribution is 2.64. The van der Waals surface area contributed by atoms with Crippen molar-refractivity contribution in [3.05, 3.63) is 45.0 Å². The zero-order valence-electron chi connectivity index (χ0n) is 17.8. The quantitative estimate of drug-likeness (QED) is 0.596. The number of aliphatic hydroxyl groups is 1. The van der Waals surface area contributed by atoms with Crippen LogP contribution in [0.5, 0.6) is 0 Å². The minimum atomic E-state index is -3.92. The molecule has 0 bridgehead atoms. The summed E-state index contributed by atoms with van der Waals surface area (Å²) in [5.41, 5.74) is -0.480. The van der Waals surface area contributed by atoms with E-state index in [2.05, 4.69) is 5.32 Å². The Balaban J connectivity index is 1.62. The summed E-state index contributed by atoms with van der Waals surface area (Å²) in [6.45, 7) is 4.31. The first kappa shape index (κ1) is 20.3. The van der Waals surface area contributed by atoms with Gasteiger partial charge < -0.3 is 15.2 Å².